The molecule has 0 aliphatic heterocycles. The molecule has 9 nitrogen and oxygen atoms in total. The summed E-state index contributed by atoms with van der Waals surface area (Å²) < 4.78 is 33.5. The molecule has 0 bridgehead atoms. The molecule has 0 aliphatic carbocycles. The minimum atomic E-state index is -3.68. The van der Waals surface area contributed by atoms with Gasteiger partial charge in [0.05, 0.1) is 10.6 Å². The van der Waals surface area contributed by atoms with E-state index in [0.29, 0.717) is 36.6 Å². The minimum Gasteiger partial charge on any atom is -0.452 e. The van der Waals surface area contributed by atoms with Gasteiger partial charge in [-0.05, 0) is 37.5 Å². The van der Waals surface area contributed by atoms with E-state index in [-0.39, 0.29) is 21.5 Å². The van der Waals surface area contributed by atoms with Crippen molar-refractivity contribution in [1.82, 2.24) is 14.1 Å². The summed E-state index contributed by atoms with van der Waals surface area (Å²) in [7, 11) is -3.68. The first-order valence-electron chi connectivity index (χ1n) is 10.7. The molecule has 0 spiro atoms. The molecule has 1 aromatic carbocycles. The van der Waals surface area contributed by atoms with Crippen LogP contribution in [0.4, 0.5) is 5.69 Å². The number of ether oxygens (including phenoxy) is 1. The van der Waals surface area contributed by atoms with Crippen molar-refractivity contribution in [3.63, 3.8) is 0 Å². The average molecular weight is 499 g/mol. The number of anilines is 1. The van der Waals surface area contributed by atoms with E-state index in [9.17, 15) is 18.0 Å². The van der Waals surface area contributed by atoms with E-state index in [1.54, 1.807) is 33.8 Å². The lowest BCUT2D eigenvalue weighted by molar-refractivity contribution is -0.119. The number of aryl methyl sites for hydroxylation is 2. The summed E-state index contributed by atoms with van der Waals surface area (Å²) in [6, 6.07) is 4.52. The van der Waals surface area contributed by atoms with E-state index in [2.05, 4.69) is 10.4 Å². The second kappa shape index (κ2) is 11.1. The van der Waals surface area contributed by atoms with Crippen LogP contribution in [0.15, 0.2) is 23.1 Å². The van der Waals surface area contributed by atoms with Crippen molar-refractivity contribution in [2.75, 3.05) is 25.0 Å². The summed E-state index contributed by atoms with van der Waals surface area (Å²) in [5.41, 5.74) is 1.52. The van der Waals surface area contributed by atoms with Crippen molar-refractivity contribution in [3.05, 3.63) is 40.2 Å². The SMILES string of the molecule is CCN(CC)S(=O)(=O)c1ccc(C)c(NC(=O)COC(=O)c2c(C)nn(CC(C)C)c2Cl)c1. The second-order valence-electron chi connectivity index (χ2n) is 8.02. The molecule has 0 saturated heterocycles. The van der Waals surface area contributed by atoms with E-state index in [0.717, 1.165) is 0 Å². The zero-order valence-electron chi connectivity index (χ0n) is 19.8. The van der Waals surface area contributed by atoms with Gasteiger partial charge in [-0.15, -0.1) is 0 Å². The molecule has 1 heterocycles. The van der Waals surface area contributed by atoms with Gasteiger partial charge in [0.2, 0.25) is 10.0 Å². The van der Waals surface area contributed by atoms with Crippen LogP contribution in [0.1, 0.15) is 49.3 Å². The summed E-state index contributed by atoms with van der Waals surface area (Å²) in [6.07, 6.45) is 0. The highest BCUT2D eigenvalue weighted by Gasteiger charge is 2.24. The number of carbonyl (C=O) groups is 2. The molecule has 11 heteroatoms. The van der Waals surface area contributed by atoms with Crippen molar-refractivity contribution >= 4 is 39.2 Å². The second-order valence-corrected chi connectivity index (χ2v) is 10.3. The Labute approximate surface area is 200 Å². The van der Waals surface area contributed by atoms with Crippen LogP contribution in [-0.4, -0.2) is 54.1 Å². The van der Waals surface area contributed by atoms with Crippen LogP contribution in [0, 0.1) is 19.8 Å². The van der Waals surface area contributed by atoms with Gasteiger partial charge in [0.15, 0.2) is 6.61 Å². The summed E-state index contributed by atoms with van der Waals surface area (Å²) in [5, 5.41) is 7.04. The number of carbonyl (C=O) groups excluding carboxylic acids is 2. The Bertz CT molecular complexity index is 1120. The van der Waals surface area contributed by atoms with E-state index < -0.39 is 28.5 Å². The van der Waals surface area contributed by atoms with Crippen LogP contribution in [0.3, 0.4) is 0 Å². The zero-order valence-corrected chi connectivity index (χ0v) is 21.4. The average Bonchev–Trinajstić information content (AvgIpc) is 3.00. The number of aromatic nitrogens is 2. The van der Waals surface area contributed by atoms with Gasteiger partial charge in [0.1, 0.15) is 10.7 Å². The number of amides is 1. The zero-order chi connectivity index (χ0) is 24.9. The van der Waals surface area contributed by atoms with Crippen molar-refractivity contribution in [2.24, 2.45) is 5.92 Å². The number of esters is 1. The number of nitrogens with one attached hydrogen (secondary N) is 1. The standard InChI is InChI=1S/C22H31ClN4O5S/c1-7-26(8-2)33(30,31)17-10-9-15(5)18(11-17)24-19(28)13-32-22(29)20-16(6)25-27(21(20)23)12-14(3)4/h9-11,14H,7-8,12-13H2,1-6H3,(H,24,28). The summed E-state index contributed by atoms with van der Waals surface area (Å²) in [5.74, 6) is -1.08. The number of benzene rings is 1. The van der Waals surface area contributed by atoms with E-state index in [1.165, 1.54) is 21.1 Å². The molecule has 0 aliphatic rings. The van der Waals surface area contributed by atoms with Gasteiger partial charge in [-0.1, -0.05) is 45.4 Å². The lowest BCUT2D eigenvalue weighted by Crippen LogP contribution is -2.30. The predicted molar refractivity (Wildman–Crippen MR) is 127 cm³/mol. The molecule has 1 N–H and O–H groups in total. The number of sulfonamides is 1. The number of nitrogens with zero attached hydrogens (tertiary/aromatic N) is 3. The highest BCUT2D eigenvalue weighted by Crippen LogP contribution is 2.24. The molecule has 0 atom stereocenters. The lowest BCUT2D eigenvalue weighted by Gasteiger charge is -2.19. The van der Waals surface area contributed by atoms with Crippen LogP contribution >= 0.6 is 11.6 Å². The number of hydrogen-bond donors (Lipinski definition) is 1. The Balaban J connectivity index is 2.12. The molecule has 182 valence electrons. The molecular formula is C22H31ClN4O5S. The Morgan fingerprint density at radius 2 is 1.85 bits per heavy atom. The third-order valence-electron chi connectivity index (χ3n) is 4.97. The Morgan fingerprint density at radius 3 is 2.42 bits per heavy atom. The Kier molecular flexibility index (Phi) is 9.04. The number of rotatable bonds is 10. The maximum atomic E-state index is 12.8. The quantitative estimate of drug-likeness (QED) is 0.501. The third-order valence-corrected chi connectivity index (χ3v) is 7.40. The molecule has 33 heavy (non-hydrogen) atoms. The lowest BCUT2D eigenvalue weighted by atomic mass is 10.2. The summed E-state index contributed by atoms with van der Waals surface area (Å²) >= 11 is 6.28. The van der Waals surface area contributed by atoms with Gasteiger partial charge in [-0.3, -0.25) is 9.48 Å². The van der Waals surface area contributed by atoms with Crippen LogP contribution in [0.25, 0.3) is 0 Å². The molecule has 0 unspecified atom stereocenters. The topological polar surface area (TPSA) is 111 Å². The van der Waals surface area contributed by atoms with Crippen LogP contribution < -0.4 is 5.32 Å². The first-order valence-corrected chi connectivity index (χ1v) is 12.5. The van der Waals surface area contributed by atoms with Crippen LogP contribution in [0.5, 0.6) is 0 Å². The number of hydrogen-bond acceptors (Lipinski definition) is 6. The van der Waals surface area contributed by atoms with Crippen molar-refractivity contribution in [2.45, 2.75) is 53.0 Å². The van der Waals surface area contributed by atoms with Crippen LogP contribution in [-0.2, 0) is 26.1 Å². The molecule has 1 aromatic heterocycles. The van der Waals surface area contributed by atoms with Crippen molar-refractivity contribution < 1.29 is 22.7 Å². The highest BCUT2D eigenvalue weighted by molar-refractivity contribution is 7.89. The molecule has 1 amide bonds. The Hall–Kier alpha value is -2.43. The molecule has 2 aromatic rings. The monoisotopic (exact) mass is 498 g/mol. The minimum absolute atomic E-state index is 0.0732. The van der Waals surface area contributed by atoms with E-state index in [4.69, 9.17) is 16.3 Å². The van der Waals surface area contributed by atoms with E-state index >= 15 is 0 Å². The fourth-order valence-electron chi connectivity index (χ4n) is 3.25. The predicted octanol–water partition coefficient (Wildman–Crippen LogP) is 3.64. The first-order chi connectivity index (χ1) is 15.4. The van der Waals surface area contributed by atoms with Crippen molar-refractivity contribution in [1.29, 1.82) is 0 Å². The van der Waals surface area contributed by atoms with Gasteiger partial charge in [0.25, 0.3) is 5.91 Å². The van der Waals surface area contributed by atoms with Gasteiger partial charge < -0.3 is 10.1 Å². The van der Waals surface area contributed by atoms with Gasteiger partial charge >= 0.3 is 5.97 Å². The maximum absolute atomic E-state index is 12.8. The normalized spacial score (nSPS) is 11.8. The molecule has 0 radical (unpaired) electrons. The summed E-state index contributed by atoms with van der Waals surface area (Å²) in [6.45, 7) is 11.5. The highest BCUT2D eigenvalue weighted by atomic mass is 35.5. The fraction of sp³-hybridized carbons (Fsp3) is 0.500. The third kappa shape index (κ3) is 6.33. The largest absolute Gasteiger partial charge is 0.452 e. The van der Waals surface area contributed by atoms with Gasteiger partial charge in [0, 0.05) is 25.3 Å². The number of halogens is 1. The molecule has 0 saturated carbocycles. The maximum Gasteiger partial charge on any atom is 0.343 e. The Morgan fingerprint density at radius 1 is 1.21 bits per heavy atom. The molecule has 0 fully saturated rings. The van der Waals surface area contributed by atoms with Crippen LogP contribution in [0.2, 0.25) is 5.15 Å². The molecular weight excluding hydrogens is 468 g/mol. The first kappa shape index (κ1) is 26.8. The van der Waals surface area contributed by atoms with Crippen molar-refractivity contribution in [3.8, 4) is 0 Å². The smallest absolute Gasteiger partial charge is 0.343 e. The fourth-order valence-corrected chi connectivity index (χ4v) is 5.06. The van der Waals surface area contributed by atoms with E-state index in [1.807, 2.05) is 13.8 Å². The summed E-state index contributed by atoms with van der Waals surface area (Å²) in [4.78, 5) is 25.0. The molecule has 2 rings (SSSR count). The van der Waals surface area contributed by atoms with Gasteiger partial charge in [-0.2, -0.15) is 9.40 Å². The van der Waals surface area contributed by atoms with Gasteiger partial charge in [-0.25, -0.2) is 13.2 Å².